The van der Waals surface area contributed by atoms with Gasteiger partial charge in [0, 0.05) is 24.4 Å². The maximum absolute atomic E-state index is 12.1. The largest absolute Gasteiger partial charge is 0.338 e. The van der Waals surface area contributed by atoms with Crippen LogP contribution in [0, 0.1) is 0 Å². The Morgan fingerprint density at radius 2 is 2.09 bits per heavy atom. The third-order valence-electron chi connectivity index (χ3n) is 3.68. The second kappa shape index (κ2) is 7.11. The van der Waals surface area contributed by atoms with Gasteiger partial charge in [0.25, 0.3) is 5.91 Å². The number of benzene rings is 1. The van der Waals surface area contributed by atoms with Gasteiger partial charge in [0.2, 0.25) is 0 Å². The molecule has 118 valence electrons. The van der Waals surface area contributed by atoms with Crippen LogP contribution in [0.25, 0.3) is 0 Å². The Balaban J connectivity index is 2.17. The highest BCUT2D eigenvalue weighted by Gasteiger charge is 2.24. The molecule has 1 aliphatic rings. The van der Waals surface area contributed by atoms with Gasteiger partial charge in [-0.1, -0.05) is 19.1 Å². The van der Waals surface area contributed by atoms with Gasteiger partial charge in [-0.15, -0.1) is 0 Å². The predicted octanol–water partition coefficient (Wildman–Crippen LogP) is 3.07. The van der Waals surface area contributed by atoms with Gasteiger partial charge < -0.3 is 10.6 Å². The molecule has 0 radical (unpaired) electrons. The summed E-state index contributed by atoms with van der Waals surface area (Å²) in [5.74, 6) is -0.107. The number of urea groups is 1. The molecule has 0 atom stereocenters. The molecule has 1 aromatic rings. The standard InChI is InChI=1S/C17H23N3O2/c1-4-6-12(3)16(21)19-14-8-7-13-9-10-20(15(13)11-14)17(22)18-5-2/h6-8,11H,4-5,9-10H2,1-3H3,(H,18,22)(H,19,21). The molecule has 0 saturated heterocycles. The van der Waals surface area contributed by atoms with Crippen molar-refractivity contribution < 1.29 is 9.59 Å². The molecule has 2 rings (SSSR count). The van der Waals surface area contributed by atoms with Crippen LogP contribution in [0.4, 0.5) is 16.2 Å². The van der Waals surface area contributed by atoms with Crippen LogP contribution >= 0.6 is 0 Å². The number of hydrogen-bond acceptors (Lipinski definition) is 2. The molecule has 5 heteroatoms. The first kappa shape index (κ1) is 16.1. The fraction of sp³-hybridized carbons (Fsp3) is 0.412. The highest BCUT2D eigenvalue weighted by atomic mass is 16.2. The highest BCUT2D eigenvalue weighted by molar-refractivity contribution is 6.04. The molecule has 22 heavy (non-hydrogen) atoms. The van der Waals surface area contributed by atoms with Gasteiger partial charge in [0.1, 0.15) is 0 Å². The maximum Gasteiger partial charge on any atom is 0.321 e. The van der Waals surface area contributed by atoms with Crippen molar-refractivity contribution >= 4 is 23.3 Å². The smallest absolute Gasteiger partial charge is 0.321 e. The van der Waals surface area contributed by atoms with Crippen LogP contribution in [0.3, 0.4) is 0 Å². The van der Waals surface area contributed by atoms with Crippen LogP contribution in [0.15, 0.2) is 29.8 Å². The zero-order valence-corrected chi connectivity index (χ0v) is 13.4. The normalized spacial score (nSPS) is 13.8. The number of rotatable bonds is 4. The van der Waals surface area contributed by atoms with Crippen molar-refractivity contribution in [1.29, 1.82) is 0 Å². The third-order valence-corrected chi connectivity index (χ3v) is 3.68. The van der Waals surface area contributed by atoms with Crippen molar-refractivity contribution in [3.8, 4) is 0 Å². The summed E-state index contributed by atoms with van der Waals surface area (Å²) in [6, 6.07) is 5.64. The first-order chi connectivity index (χ1) is 10.6. The fourth-order valence-electron chi connectivity index (χ4n) is 2.54. The minimum atomic E-state index is -0.107. The zero-order valence-electron chi connectivity index (χ0n) is 13.4. The Kier molecular flexibility index (Phi) is 5.20. The van der Waals surface area contributed by atoms with E-state index in [4.69, 9.17) is 0 Å². The van der Waals surface area contributed by atoms with Crippen molar-refractivity contribution in [3.63, 3.8) is 0 Å². The second-order valence-electron chi connectivity index (χ2n) is 5.33. The van der Waals surface area contributed by atoms with Gasteiger partial charge in [-0.3, -0.25) is 9.69 Å². The lowest BCUT2D eigenvalue weighted by Gasteiger charge is -2.18. The SMILES string of the molecule is CCC=C(C)C(=O)Nc1ccc2c(c1)N(C(=O)NCC)CC2. The molecule has 1 aliphatic heterocycles. The summed E-state index contributed by atoms with van der Waals surface area (Å²) in [7, 11) is 0. The number of nitrogens with zero attached hydrogens (tertiary/aromatic N) is 1. The first-order valence-electron chi connectivity index (χ1n) is 7.73. The van der Waals surface area contributed by atoms with Crippen LogP contribution in [0.2, 0.25) is 0 Å². The lowest BCUT2D eigenvalue weighted by atomic mass is 10.1. The van der Waals surface area contributed by atoms with Crippen molar-refractivity contribution in [2.75, 3.05) is 23.3 Å². The number of allylic oxidation sites excluding steroid dienone is 1. The Bertz CT molecular complexity index is 608. The molecule has 0 spiro atoms. The molecular formula is C17H23N3O2. The molecule has 0 aliphatic carbocycles. The highest BCUT2D eigenvalue weighted by Crippen LogP contribution is 2.31. The second-order valence-corrected chi connectivity index (χ2v) is 5.33. The summed E-state index contributed by atoms with van der Waals surface area (Å²) in [5.41, 5.74) is 3.42. The topological polar surface area (TPSA) is 61.4 Å². The predicted molar refractivity (Wildman–Crippen MR) is 89.2 cm³/mol. The van der Waals surface area contributed by atoms with E-state index in [1.165, 1.54) is 0 Å². The molecule has 0 saturated carbocycles. The average Bonchev–Trinajstić information content (AvgIpc) is 2.91. The summed E-state index contributed by atoms with van der Waals surface area (Å²) in [6.45, 7) is 6.97. The lowest BCUT2D eigenvalue weighted by molar-refractivity contribution is -0.112. The third kappa shape index (κ3) is 3.47. The van der Waals surface area contributed by atoms with Gasteiger partial charge in [-0.25, -0.2) is 4.79 Å². The van der Waals surface area contributed by atoms with Gasteiger partial charge in [0.05, 0.1) is 5.69 Å². The first-order valence-corrected chi connectivity index (χ1v) is 7.73. The summed E-state index contributed by atoms with van der Waals surface area (Å²) in [5, 5.41) is 5.70. The summed E-state index contributed by atoms with van der Waals surface area (Å²) in [4.78, 5) is 25.8. The molecule has 0 fully saturated rings. The summed E-state index contributed by atoms with van der Waals surface area (Å²) < 4.78 is 0. The Morgan fingerprint density at radius 3 is 2.77 bits per heavy atom. The van der Waals surface area contributed by atoms with E-state index in [0.717, 1.165) is 24.1 Å². The number of carbonyl (C=O) groups excluding carboxylic acids is 2. The van der Waals surface area contributed by atoms with Crippen molar-refractivity contribution in [3.05, 3.63) is 35.4 Å². The van der Waals surface area contributed by atoms with E-state index in [1.54, 1.807) is 11.8 Å². The van der Waals surface area contributed by atoms with E-state index < -0.39 is 0 Å². The molecular weight excluding hydrogens is 278 g/mol. The van der Waals surface area contributed by atoms with Crippen LogP contribution < -0.4 is 15.5 Å². The molecule has 2 N–H and O–H groups in total. The maximum atomic E-state index is 12.1. The van der Waals surface area contributed by atoms with Crippen LogP contribution in [0.5, 0.6) is 0 Å². The van der Waals surface area contributed by atoms with Crippen LogP contribution in [-0.2, 0) is 11.2 Å². The molecule has 1 aromatic carbocycles. The molecule has 0 aromatic heterocycles. The van der Waals surface area contributed by atoms with E-state index in [0.29, 0.717) is 24.4 Å². The number of fused-ring (bicyclic) bond motifs is 1. The quantitative estimate of drug-likeness (QED) is 0.840. The fourth-order valence-corrected chi connectivity index (χ4v) is 2.54. The van der Waals surface area contributed by atoms with E-state index in [-0.39, 0.29) is 11.9 Å². The lowest BCUT2D eigenvalue weighted by Crippen LogP contribution is -2.38. The van der Waals surface area contributed by atoms with Gasteiger partial charge in [-0.05, 0) is 44.4 Å². The van der Waals surface area contributed by atoms with Crippen molar-refractivity contribution in [2.24, 2.45) is 0 Å². The van der Waals surface area contributed by atoms with Gasteiger partial charge in [-0.2, -0.15) is 0 Å². The minimum absolute atomic E-state index is 0.0909. The molecule has 3 amide bonds. The number of amides is 3. The monoisotopic (exact) mass is 301 g/mol. The molecule has 1 heterocycles. The Hall–Kier alpha value is -2.30. The Labute approximate surface area is 131 Å². The van der Waals surface area contributed by atoms with Gasteiger partial charge in [0.15, 0.2) is 0 Å². The summed E-state index contributed by atoms with van der Waals surface area (Å²) in [6.07, 6.45) is 3.56. The van der Waals surface area contributed by atoms with E-state index in [2.05, 4.69) is 10.6 Å². The minimum Gasteiger partial charge on any atom is -0.338 e. The van der Waals surface area contributed by atoms with E-state index >= 15 is 0 Å². The number of carbonyl (C=O) groups is 2. The average molecular weight is 301 g/mol. The molecule has 0 unspecified atom stereocenters. The number of hydrogen-bond donors (Lipinski definition) is 2. The van der Waals surface area contributed by atoms with E-state index in [9.17, 15) is 9.59 Å². The number of nitrogens with one attached hydrogen (secondary N) is 2. The van der Waals surface area contributed by atoms with Crippen LogP contribution in [0.1, 0.15) is 32.8 Å². The molecule has 5 nitrogen and oxygen atoms in total. The number of anilines is 2. The van der Waals surface area contributed by atoms with Crippen molar-refractivity contribution in [2.45, 2.75) is 33.6 Å². The summed E-state index contributed by atoms with van der Waals surface area (Å²) >= 11 is 0. The Morgan fingerprint density at radius 1 is 1.32 bits per heavy atom. The van der Waals surface area contributed by atoms with E-state index in [1.807, 2.05) is 38.1 Å². The van der Waals surface area contributed by atoms with Gasteiger partial charge >= 0.3 is 6.03 Å². The van der Waals surface area contributed by atoms with Crippen molar-refractivity contribution in [1.82, 2.24) is 5.32 Å². The zero-order chi connectivity index (χ0) is 16.1. The molecule has 0 bridgehead atoms. The van der Waals surface area contributed by atoms with Crippen LogP contribution in [-0.4, -0.2) is 25.0 Å².